The van der Waals surface area contributed by atoms with Gasteiger partial charge in [-0.1, -0.05) is 35.5 Å². The van der Waals surface area contributed by atoms with Crippen LogP contribution in [0.25, 0.3) is 0 Å². The second-order valence-electron chi connectivity index (χ2n) is 4.00. The Bertz CT molecular complexity index is 522. The fourth-order valence-corrected chi connectivity index (χ4v) is 1.88. The average molecular weight is 245 g/mol. The molecule has 0 aliphatic rings. The molecule has 18 heavy (non-hydrogen) atoms. The molecule has 0 fully saturated rings. The number of ether oxygens (including phenoxy) is 1. The van der Waals surface area contributed by atoms with Gasteiger partial charge in [-0.25, -0.2) is 4.68 Å². The van der Waals surface area contributed by atoms with E-state index in [9.17, 15) is 4.79 Å². The zero-order valence-electron chi connectivity index (χ0n) is 10.4. The number of hydrogen-bond acceptors (Lipinski definition) is 4. The minimum Gasteiger partial charge on any atom is -0.378 e. The number of hydrogen-bond donors (Lipinski definition) is 0. The summed E-state index contributed by atoms with van der Waals surface area (Å²) in [6.07, 6.45) is 0.704. The van der Waals surface area contributed by atoms with E-state index >= 15 is 0 Å². The van der Waals surface area contributed by atoms with Crippen molar-refractivity contribution in [1.29, 1.82) is 0 Å². The third-order valence-electron chi connectivity index (χ3n) is 2.86. The molecule has 0 saturated carbocycles. The second kappa shape index (κ2) is 5.55. The van der Waals surface area contributed by atoms with Crippen molar-refractivity contribution in [2.24, 2.45) is 0 Å². The van der Waals surface area contributed by atoms with Gasteiger partial charge in [0, 0.05) is 7.11 Å². The molecule has 0 saturated heterocycles. The van der Waals surface area contributed by atoms with E-state index in [2.05, 4.69) is 10.3 Å². The van der Waals surface area contributed by atoms with Crippen LogP contribution < -0.4 is 0 Å². The zero-order valence-corrected chi connectivity index (χ0v) is 10.4. The van der Waals surface area contributed by atoms with Crippen LogP contribution in [0, 0.1) is 0 Å². The Morgan fingerprint density at radius 1 is 1.39 bits per heavy atom. The summed E-state index contributed by atoms with van der Waals surface area (Å²) in [5, 5.41) is 7.90. The van der Waals surface area contributed by atoms with E-state index in [0.29, 0.717) is 24.3 Å². The average Bonchev–Trinajstić information content (AvgIpc) is 2.82. The predicted octanol–water partition coefficient (Wildman–Crippen LogP) is 1.85. The second-order valence-corrected chi connectivity index (χ2v) is 4.00. The Morgan fingerprint density at radius 2 is 2.11 bits per heavy atom. The number of methoxy groups -OCH3 is 1. The van der Waals surface area contributed by atoms with Gasteiger partial charge in [-0.05, 0) is 12.5 Å². The van der Waals surface area contributed by atoms with E-state index in [-0.39, 0.29) is 6.04 Å². The van der Waals surface area contributed by atoms with Gasteiger partial charge < -0.3 is 4.74 Å². The first kappa shape index (κ1) is 12.4. The van der Waals surface area contributed by atoms with E-state index in [0.717, 1.165) is 5.56 Å². The molecule has 1 heterocycles. The van der Waals surface area contributed by atoms with E-state index in [1.807, 2.05) is 37.3 Å². The molecule has 2 rings (SSSR count). The van der Waals surface area contributed by atoms with Crippen molar-refractivity contribution >= 4 is 6.29 Å². The standard InChI is InChI=1S/C13H15N3O2/c1-10(11-6-4-3-5-7-11)16-13(9-18-2)12(8-17)14-15-16/h3-8,10H,9H2,1-2H3. The van der Waals surface area contributed by atoms with Crippen molar-refractivity contribution < 1.29 is 9.53 Å². The molecule has 94 valence electrons. The molecule has 1 atom stereocenters. The Labute approximate surface area is 105 Å². The number of aromatic nitrogens is 3. The van der Waals surface area contributed by atoms with Crippen LogP contribution in [0.15, 0.2) is 30.3 Å². The van der Waals surface area contributed by atoms with E-state index in [4.69, 9.17) is 4.74 Å². The van der Waals surface area contributed by atoms with E-state index < -0.39 is 0 Å². The number of carbonyl (C=O) groups excluding carboxylic acids is 1. The Balaban J connectivity index is 2.38. The number of benzene rings is 1. The van der Waals surface area contributed by atoms with Gasteiger partial charge in [0.05, 0.1) is 18.3 Å². The highest BCUT2D eigenvalue weighted by molar-refractivity contribution is 5.73. The topological polar surface area (TPSA) is 57.0 Å². The lowest BCUT2D eigenvalue weighted by atomic mass is 10.1. The van der Waals surface area contributed by atoms with Crippen molar-refractivity contribution in [3.63, 3.8) is 0 Å². The maximum atomic E-state index is 10.9. The zero-order chi connectivity index (χ0) is 13.0. The summed E-state index contributed by atoms with van der Waals surface area (Å²) in [4.78, 5) is 10.9. The highest BCUT2D eigenvalue weighted by Crippen LogP contribution is 2.19. The van der Waals surface area contributed by atoms with Gasteiger partial charge >= 0.3 is 0 Å². The molecule has 1 unspecified atom stereocenters. The number of aldehydes is 1. The monoisotopic (exact) mass is 245 g/mol. The largest absolute Gasteiger partial charge is 0.378 e. The molecule has 0 spiro atoms. The van der Waals surface area contributed by atoms with Gasteiger partial charge in [0.15, 0.2) is 12.0 Å². The van der Waals surface area contributed by atoms with Gasteiger partial charge in [0.25, 0.3) is 0 Å². The summed E-state index contributed by atoms with van der Waals surface area (Å²) < 4.78 is 6.82. The van der Waals surface area contributed by atoms with Gasteiger partial charge in [0.2, 0.25) is 0 Å². The molecule has 0 aliphatic heterocycles. The summed E-state index contributed by atoms with van der Waals surface area (Å²) in [6.45, 7) is 2.33. The first-order valence-electron chi connectivity index (χ1n) is 5.71. The molecule has 0 aliphatic carbocycles. The molecule has 0 bridgehead atoms. The molecule has 0 N–H and O–H groups in total. The number of rotatable bonds is 5. The highest BCUT2D eigenvalue weighted by Gasteiger charge is 2.17. The molecular formula is C13H15N3O2. The quantitative estimate of drug-likeness (QED) is 0.754. The summed E-state index contributed by atoms with van der Waals surface area (Å²) >= 11 is 0. The fraction of sp³-hybridized carbons (Fsp3) is 0.308. The molecule has 2 aromatic rings. The fourth-order valence-electron chi connectivity index (χ4n) is 1.88. The smallest absolute Gasteiger partial charge is 0.172 e. The van der Waals surface area contributed by atoms with Crippen LogP contribution in [0.4, 0.5) is 0 Å². The lowest BCUT2D eigenvalue weighted by Crippen LogP contribution is -2.13. The summed E-state index contributed by atoms with van der Waals surface area (Å²) in [7, 11) is 1.58. The van der Waals surface area contributed by atoms with Crippen LogP contribution in [-0.4, -0.2) is 28.4 Å². The third kappa shape index (κ3) is 2.31. The van der Waals surface area contributed by atoms with Crippen molar-refractivity contribution in [1.82, 2.24) is 15.0 Å². The Kier molecular flexibility index (Phi) is 3.84. The van der Waals surface area contributed by atoms with Crippen LogP contribution in [0.2, 0.25) is 0 Å². The predicted molar refractivity (Wildman–Crippen MR) is 66.4 cm³/mol. The first-order valence-corrected chi connectivity index (χ1v) is 5.71. The van der Waals surface area contributed by atoms with E-state index in [1.54, 1.807) is 11.8 Å². The highest BCUT2D eigenvalue weighted by atomic mass is 16.5. The number of nitrogens with zero attached hydrogens (tertiary/aromatic N) is 3. The van der Waals surface area contributed by atoms with E-state index in [1.165, 1.54) is 0 Å². The van der Waals surface area contributed by atoms with Crippen LogP contribution in [0.3, 0.4) is 0 Å². The SMILES string of the molecule is COCc1c(C=O)nnn1C(C)c1ccccc1. The molecular weight excluding hydrogens is 230 g/mol. The van der Waals surface area contributed by atoms with Gasteiger partial charge in [0.1, 0.15) is 0 Å². The molecule has 0 amide bonds. The van der Waals surface area contributed by atoms with Crippen LogP contribution >= 0.6 is 0 Å². The minimum absolute atomic E-state index is 0.0116. The van der Waals surface area contributed by atoms with Gasteiger partial charge in [-0.2, -0.15) is 0 Å². The normalized spacial score (nSPS) is 12.3. The van der Waals surface area contributed by atoms with Gasteiger partial charge in [-0.3, -0.25) is 4.79 Å². The summed E-state index contributed by atoms with van der Waals surface area (Å²) in [6, 6.07) is 9.95. The molecule has 5 nitrogen and oxygen atoms in total. The first-order chi connectivity index (χ1) is 8.77. The van der Waals surface area contributed by atoms with Crippen molar-refractivity contribution in [3.8, 4) is 0 Å². The molecule has 5 heteroatoms. The summed E-state index contributed by atoms with van der Waals surface area (Å²) in [5.41, 5.74) is 2.14. The maximum Gasteiger partial charge on any atom is 0.172 e. The van der Waals surface area contributed by atoms with Crippen LogP contribution in [0.5, 0.6) is 0 Å². The Morgan fingerprint density at radius 3 is 2.72 bits per heavy atom. The van der Waals surface area contributed by atoms with Crippen molar-refractivity contribution in [2.45, 2.75) is 19.6 Å². The van der Waals surface area contributed by atoms with Crippen molar-refractivity contribution in [3.05, 3.63) is 47.3 Å². The molecule has 1 aromatic carbocycles. The minimum atomic E-state index is 0.0116. The van der Waals surface area contributed by atoms with Crippen molar-refractivity contribution in [2.75, 3.05) is 7.11 Å². The van der Waals surface area contributed by atoms with Gasteiger partial charge in [-0.15, -0.1) is 5.10 Å². The number of carbonyl (C=O) groups is 1. The maximum absolute atomic E-state index is 10.9. The molecule has 1 aromatic heterocycles. The lowest BCUT2D eigenvalue weighted by molar-refractivity contribution is 0.111. The Hall–Kier alpha value is -2.01. The third-order valence-corrected chi connectivity index (χ3v) is 2.86. The lowest BCUT2D eigenvalue weighted by Gasteiger charge is -2.14. The van der Waals surface area contributed by atoms with Crippen LogP contribution in [0.1, 0.15) is 34.7 Å². The van der Waals surface area contributed by atoms with Crippen LogP contribution in [-0.2, 0) is 11.3 Å². The summed E-state index contributed by atoms with van der Waals surface area (Å²) in [5.74, 6) is 0. The molecule has 0 radical (unpaired) electrons.